The van der Waals surface area contributed by atoms with Gasteiger partial charge in [0.05, 0.1) is 10.2 Å². The first kappa shape index (κ1) is 23.3. The van der Waals surface area contributed by atoms with Gasteiger partial charge in [-0.15, -0.1) is 11.8 Å². The van der Waals surface area contributed by atoms with Crippen molar-refractivity contribution in [3.05, 3.63) is 93.0 Å². The van der Waals surface area contributed by atoms with Gasteiger partial charge in [-0.2, -0.15) is 0 Å². The molecule has 32 heavy (non-hydrogen) atoms. The summed E-state index contributed by atoms with van der Waals surface area (Å²) in [6, 6.07) is 17.8. The molecule has 1 unspecified atom stereocenters. The van der Waals surface area contributed by atoms with E-state index >= 15 is 0 Å². The topological polar surface area (TPSA) is 101 Å². The molecule has 0 aromatic heterocycles. The number of carbonyl (C=O) groups excluding carboxylic acids is 2. The van der Waals surface area contributed by atoms with Gasteiger partial charge in [-0.05, 0) is 61.9 Å². The standard InChI is InChI=1S/C23H20ClN3O4S/c1-14-20(24)7-4-8-21(14)26-22(28)15(2)32-19-6-3-5-17(13-19)25-23(29)16-9-11-18(12-10-16)27(30)31/h3-13,15H,1-2H3,(H,25,29)(H,26,28). The van der Waals surface area contributed by atoms with Crippen LogP contribution in [-0.2, 0) is 4.79 Å². The number of nitro benzene ring substituents is 1. The summed E-state index contributed by atoms with van der Waals surface area (Å²) in [7, 11) is 0. The van der Waals surface area contributed by atoms with Crippen LogP contribution < -0.4 is 10.6 Å². The van der Waals surface area contributed by atoms with E-state index in [0.717, 1.165) is 10.5 Å². The quantitative estimate of drug-likeness (QED) is 0.254. The Labute approximate surface area is 194 Å². The van der Waals surface area contributed by atoms with E-state index in [1.54, 1.807) is 43.3 Å². The maximum Gasteiger partial charge on any atom is 0.269 e. The minimum atomic E-state index is -0.520. The Hall–Kier alpha value is -3.36. The number of non-ortho nitro benzene ring substituents is 1. The first-order chi connectivity index (χ1) is 15.2. The molecule has 0 spiro atoms. The molecule has 3 aromatic rings. The SMILES string of the molecule is Cc1c(Cl)cccc1NC(=O)C(C)Sc1cccc(NC(=O)c2ccc([N+](=O)[O-])cc2)c1. The van der Waals surface area contributed by atoms with Crippen LogP contribution in [0.2, 0.25) is 5.02 Å². The molecule has 0 aliphatic rings. The van der Waals surface area contributed by atoms with E-state index in [1.807, 2.05) is 13.0 Å². The van der Waals surface area contributed by atoms with E-state index in [0.29, 0.717) is 22.0 Å². The van der Waals surface area contributed by atoms with Gasteiger partial charge in [-0.3, -0.25) is 19.7 Å². The minimum Gasteiger partial charge on any atom is -0.325 e. The van der Waals surface area contributed by atoms with E-state index in [2.05, 4.69) is 10.6 Å². The molecule has 0 bridgehead atoms. The molecule has 164 valence electrons. The number of benzene rings is 3. The van der Waals surface area contributed by atoms with Gasteiger partial charge in [-0.25, -0.2) is 0 Å². The van der Waals surface area contributed by atoms with Gasteiger partial charge in [0.25, 0.3) is 11.6 Å². The smallest absolute Gasteiger partial charge is 0.269 e. The van der Waals surface area contributed by atoms with Crippen LogP contribution in [0.1, 0.15) is 22.8 Å². The lowest BCUT2D eigenvalue weighted by atomic mass is 10.2. The summed E-state index contributed by atoms with van der Waals surface area (Å²) in [6.07, 6.45) is 0. The monoisotopic (exact) mass is 469 g/mol. The fourth-order valence-electron chi connectivity index (χ4n) is 2.82. The summed E-state index contributed by atoms with van der Waals surface area (Å²) >= 11 is 7.46. The molecule has 0 saturated carbocycles. The number of halogens is 1. The van der Waals surface area contributed by atoms with Crippen LogP contribution in [-0.4, -0.2) is 22.0 Å². The predicted octanol–water partition coefficient (Wildman–Crippen LogP) is 5.93. The highest BCUT2D eigenvalue weighted by atomic mass is 35.5. The van der Waals surface area contributed by atoms with E-state index < -0.39 is 10.2 Å². The summed E-state index contributed by atoms with van der Waals surface area (Å²) in [6.45, 7) is 3.63. The van der Waals surface area contributed by atoms with Crippen molar-refractivity contribution in [3.63, 3.8) is 0 Å². The van der Waals surface area contributed by atoms with Crippen molar-refractivity contribution in [3.8, 4) is 0 Å². The van der Waals surface area contributed by atoms with Gasteiger partial charge in [0.1, 0.15) is 0 Å². The molecule has 0 aliphatic heterocycles. The lowest BCUT2D eigenvalue weighted by molar-refractivity contribution is -0.384. The predicted molar refractivity (Wildman–Crippen MR) is 128 cm³/mol. The normalized spacial score (nSPS) is 11.5. The number of nitrogens with one attached hydrogen (secondary N) is 2. The summed E-state index contributed by atoms with van der Waals surface area (Å²) in [5.41, 5.74) is 2.24. The van der Waals surface area contributed by atoms with Crippen LogP contribution in [0.4, 0.5) is 17.1 Å². The van der Waals surface area contributed by atoms with Crippen LogP contribution in [0.15, 0.2) is 71.6 Å². The molecule has 7 nitrogen and oxygen atoms in total. The Morgan fingerprint density at radius 2 is 1.72 bits per heavy atom. The second-order valence-corrected chi connectivity index (χ2v) is 8.77. The summed E-state index contributed by atoms with van der Waals surface area (Å²) in [4.78, 5) is 36.1. The zero-order valence-electron chi connectivity index (χ0n) is 17.3. The molecule has 0 fully saturated rings. The van der Waals surface area contributed by atoms with Crippen molar-refractivity contribution < 1.29 is 14.5 Å². The Bertz CT molecular complexity index is 1170. The minimum absolute atomic E-state index is 0.0832. The number of hydrogen-bond donors (Lipinski definition) is 2. The number of amides is 2. The molecule has 0 aliphatic carbocycles. The second-order valence-electron chi connectivity index (χ2n) is 6.95. The average Bonchev–Trinajstić information content (AvgIpc) is 2.77. The number of nitro groups is 1. The molecule has 3 rings (SSSR count). The third-order valence-electron chi connectivity index (χ3n) is 4.64. The molecule has 0 saturated heterocycles. The van der Waals surface area contributed by atoms with Crippen LogP contribution in [0.5, 0.6) is 0 Å². The maximum absolute atomic E-state index is 12.6. The van der Waals surface area contributed by atoms with Crippen molar-refractivity contribution in [2.45, 2.75) is 24.0 Å². The van der Waals surface area contributed by atoms with Gasteiger partial charge in [0, 0.05) is 39.0 Å². The largest absolute Gasteiger partial charge is 0.325 e. The van der Waals surface area contributed by atoms with Crippen LogP contribution in [0, 0.1) is 17.0 Å². The first-order valence-electron chi connectivity index (χ1n) is 9.63. The number of anilines is 2. The molecular weight excluding hydrogens is 450 g/mol. The number of nitrogens with zero attached hydrogens (tertiary/aromatic N) is 1. The summed E-state index contributed by atoms with van der Waals surface area (Å²) in [5.74, 6) is -0.551. The Morgan fingerprint density at radius 1 is 1.03 bits per heavy atom. The summed E-state index contributed by atoms with van der Waals surface area (Å²) in [5, 5.41) is 16.6. The molecule has 2 N–H and O–H groups in total. The molecular formula is C23H20ClN3O4S. The van der Waals surface area contributed by atoms with Gasteiger partial charge in [-0.1, -0.05) is 23.7 Å². The number of hydrogen-bond acceptors (Lipinski definition) is 5. The highest BCUT2D eigenvalue weighted by Gasteiger charge is 2.17. The molecule has 3 aromatic carbocycles. The van der Waals surface area contributed by atoms with Crippen LogP contribution in [0.25, 0.3) is 0 Å². The van der Waals surface area contributed by atoms with Crippen molar-refractivity contribution in [1.82, 2.24) is 0 Å². The Morgan fingerprint density at radius 3 is 2.41 bits per heavy atom. The number of carbonyl (C=O) groups is 2. The molecule has 2 amide bonds. The van der Waals surface area contributed by atoms with Gasteiger partial charge < -0.3 is 10.6 Å². The number of rotatable bonds is 7. The van der Waals surface area contributed by atoms with Crippen LogP contribution >= 0.6 is 23.4 Å². The fraction of sp³-hybridized carbons (Fsp3) is 0.130. The highest BCUT2D eigenvalue weighted by Crippen LogP contribution is 2.28. The molecule has 9 heteroatoms. The third-order valence-corrected chi connectivity index (χ3v) is 6.14. The van der Waals surface area contributed by atoms with Crippen molar-refractivity contribution in [1.29, 1.82) is 0 Å². The summed E-state index contributed by atoms with van der Waals surface area (Å²) < 4.78 is 0. The van der Waals surface area contributed by atoms with Crippen molar-refractivity contribution in [2.75, 3.05) is 10.6 Å². The van der Waals surface area contributed by atoms with Gasteiger partial charge in [0.2, 0.25) is 5.91 Å². The van der Waals surface area contributed by atoms with Gasteiger partial charge in [0.15, 0.2) is 0 Å². The Kier molecular flexibility index (Phi) is 7.50. The number of thioether (sulfide) groups is 1. The molecule has 0 heterocycles. The first-order valence-corrected chi connectivity index (χ1v) is 10.9. The maximum atomic E-state index is 12.6. The van der Waals surface area contributed by atoms with E-state index in [4.69, 9.17) is 11.6 Å². The van der Waals surface area contributed by atoms with E-state index in [-0.39, 0.29) is 17.5 Å². The second kappa shape index (κ2) is 10.3. The third kappa shape index (κ3) is 5.87. The van der Waals surface area contributed by atoms with E-state index in [1.165, 1.54) is 36.0 Å². The Balaban J connectivity index is 1.63. The zero-order valence-corrected chi connectivity index (χ0v) is 18.9. The van der Waals surface area contributed by atoms with Crippen molar-refractivity contribution >= 4 is 52.2 Å². The highest BCUT2D eigenvalue weighted by molar-refractivity contribution is 8.00. The van der Waals surface area contributed by atoms with Crippen LogP contribution in [0.3, 0.4) is 0 Å². The lowest BCUT2D eigenvalue weighted by Gasteiger charge is -2.15. The fourth-order valence-corrected chi connectivity index (χ4v) is 3.92. The molecule has 0 radical (unpaired) electrons. The molecule has 1 atom stereocenters. The average molecular weight is 470 g/mol. The zero-order chi connectivity index (χ0) is 23.3. The lowest BCUT2D eigenvalue weighted by Crippen LogP contribution is -2.22. The van der Waals surface area contributed by atoms with Crippen molar-refractivity contribution in [2.24, 2.45) is 0 Å². The van der Waals surface area contributed by atoms with Gasteiger partial charge >= 0.3 is 0 Å². The van der Waals surface area contributed by atoms with E-state index in [9.17, 15) is 19.7 Å².